The fourth-order valence-electron chi connectivity index (χ4n) is 3.97. The molecule has 1 saturated heterocycles. The number of aromatic nitrogens is 2. The number of nitrogens with zero attached hydrogens (tertiary/aromatic N) is 4. The summed E-state index contributed by atoms with van der Waals surface area (Å²) in [6.45, 7) is 8.99. The van der Waals surface area contributed by atoms with Crippen LogP contribution in [0.2, 0.25) is 0 Å². The molecule has 34 heavy (non-hydrogen) atoms. The van der Waals surface area contributed by atoms with E-state index in [4.69, 9.17) is 0 Å². The van der Waals surface area contributed by atoms with E-state index in [0.717, 1.165) is 17.1 Å². The number of hydrogen-bond donors (Lipinski definition) is 1. The minimum absolute atomic E-state index is 0.0203. The summed E-state index contributed by atoms with van der Waals surface area (Å²) in [5.41, 5.74) is -1.69. The van der Waals surface area contributed by atoms with Gasteiger partial charge in [0.15, 0.2) is 0 Å². The highest BCUT2D eigenvalue weighted by Crippen LogP contribution is 2.37. The van der Waals surface area contributed by atoms with Crippen molar-refractivity contribution in [1.29, 1.82) is 0 Å². The standard InChI is InChI=1S/C22H25F6N5O/c1-12(2)18-13(3)29-14(4)30-19(18)32-5-7-33(8-6-32)20(34)31-17-10-15(21(23,24)25)9-16(11-17)22(26,27)28/h9-12H,5-8H2,1-4H3,(H,31,34). The number of urea groups is 1. The predicted octanol–water partition coefficient (Wildman–Crippen LogP) is 5.61. The second kappa shape index (κ2) is 9.30. The molecule has 0 saturated carbocycles. The Morgan fingerprint density at radius 3 is 1.91 bits per heavy atom. The molecular weight excluding hydrogens is 464 g/mol. The minimum atomic E-state index is -4.99. The van der Waals surface area contributed by atoms with E-state index >= 15 is 0 Å². The molecule has 2 aromatic rings. The number of amides is 2. The van der Waals surface area contributed by atoms with Gasteiger partial charge in [0.1, 0.15) is 11.6 Å². The van der Waals surface area contributed by atoms with Crippen LogP contribution in [0.25, 0.3) is 0 Å². The zero-order valence-corrected chi connectivity index (χ0v) is 19.1. The van der Waals surface area contributed by atoms with Crippen LogP contribution in [-0.4, -0.2) is 47.1 Å². The second-order valence-electron chi connectivity index (χ2n) is 8.45. The van der Waals surface area contributed by atoms with Gasteiger partial charge in [0, 0.05) is 43.1 Å². The average Bonchev–Trinajstić information content (AvgIpc) is 2.71. The fraction of sp³-hybridized carbons (Fsp3) is 0.500. The number of piperazine rings is 1. The van der Waals surface area contributed by atoms with E-state index in [2.05, 4.69) is 15.3 Å². The summed E-state index contributed by atoms with van der Waals surface area (Å²) in [6.07, 6.45) is -9.98. The van der Waals surface area contributed by atoms with Crippen LogP contribution in [0.15, 0.2) is 18.2 Å². The predicted molar refractivity (Wildman–Crippen MR) is 115 cm³/mol. The molecule has 2 heterocycles. The zero-order chi connectivity index (χ0) is 25.4. The normalized spacial score (nSPS) is 15.1. The summed E-state index contributed by atoms with van der Waals surface area (Å²) in [5.74, 6) is 1.55. The Morgan fingerprint density at radius 1 is 0.912 bits per heavy atom. The minimum Gasteiger partial charge on any atom is -0.353 e. The van der Waals surface area contributed by atoms with E-state index in [-0.39, 0.29) is 25.1 Å². The summed E-state index contributed by atoms with van der Waals surface area (Å²) < 4.78 is 78.4. The van der Waals surface area contributed by atoms with Gasteiger partial charge in [-0.15, -0.1) is 0 Å². The Labute approximate surface area is 193 Å². The number of carbonyl (C=O) groups excluding carboxylic acids is 1. The average molecular weight is 489 g/mol. The van der Waals surface area contributed by atoms with Gasteiger partial charge in [0.2, 0.25) is 0 Å². The maximum Gasteiger partial charge on any atom is 0.416 e. The van der Waals surface area contributed by atoms with E-state index in [9.17, 15) is 31.1 Å². The van der Waals surface area contributed by atoms with Gasteiger partial charge in [-0.2, -0.15) is 26.3 Å². The number of aryl methyl sites for hydroxylation is 2. The number of rotatable bonds is 3. The van der Waals surface area contributed by atoms with E-state index in [1.54, 1.807) is 6.92 Å². The molecule has 2 amide bonds. The zero-order valence-electron chi connectivity index (χ0n) is 19.1. The lowest BCUT2D eigenvalue weighted by Gasteiger charge is -2.37. The number of benzene rings is 1. The molecule has 1 aromatic heterocycles. The van der Waals surface area contributed by atoms with Gasteiger partial charge >= 0.3 is 18.4 Å². The monoisotopic (exact) mass is 489 g/mol. The van der Waals surface area contributed by atoms with Crippen molar-refractivity contribution >= 4 is 17.5 Å². The van der Waals surface area contributed by atoms with Crippen molar-refractivity contribution in [3.05, 3.63) is 46.4 Å². The highest BCUT2D eigenvalue weighted by Gasteiger charge is 2.37. The summed E-state index contributed by atoms with van der Waals surface area (Å²) >= 11 is 0. The molecular formula is C22H25F6N5O. The SMILES string of the molecule is Cc1nc(C)c(C(C)C)c(N2CCN(C(=O)Nc3cc(C(F)(F)F)cc(C(F)(F)F)c3)CC2)n1. The summed E-state index contributed by atoms with van der Waals surface area (Å²) in [5, 5.41) is 2.18. The van der Waals surface area contributed by atoms with Gasteiger partial charge < -0.3 is 15.1 Å². The van der Waals surface area contributed by atoms with Crippen molar-refractivity contribution in [2.45, 2.75) is 46.0 Å². The molecule has 0 radical (unpaired) electrons. The third kappa shape index (κ3) is 5.71. The lowest BCUT2D eigenvalue weighted by atomic mass is 10.0. The number of halogens is 6. The largest absolute Gasteiger partial charge is 0.416 e. The van der Waals surface area contributed by atoms with Gasteiger partial charge in [-0.25, -0.2) is 14.8 Å². The molecule has 0 aliphatic carbocycles. The van der Waals surface area contributed by atoms with E-state index < -0.39 is 35.2 Å². The summed E-state index contributed by atoms with van der Waals surface area (Å²) in [7, 11) is 0. The van der Waals surface area contributed by atoms with Crippen LogP contribution in [0.3, 0.4) is 0 Å². The number of alkyl halides is 6. The molecule has 0 unspecified atom stereocenters. The molecule has 6 nitrogen and oxygen atoms in total. The second-order valence-corrected chi connectivity index (χ2v) is 8.45. The van der Waals surface area contributed by atoms with Crippen LogP contribution >= 0.6 is 0 Å². The Bertz CT molecular complexity index is 1030. The topological polar surface area (TPSA) is 61.4 Å². The van der Waals surface area contributed by atoms with Crippen LogP contribution in [0.1, 0.15) is 48.0 Å². The molecule has 1 aliphatic heterocycles. The van der Waals surface area contributed by atoms with Gasteiger partial charge in [-0.05, 0) is 38.0 Å². The van der Waals surface area contributed by atoms with Gasteiger partial charge in [-0.1, -0.05) is 13.8 Å². The molecule has 3 rings (SSSR count). The van der Waals surface area contributed by atoms with Crippen molar-refractivity contribution in [2.75, 3.05) is 36.4 Å². The highest BCUT2D eigenvalue weighted by atomic mass is 19.4. The first-order valence-corrected chi connectivity index (χ1v) is 10.6. The number of nitrogens with one attached hydrogen (secondary N) is 1. The van der Waals surface area contributed by atoms with Crippen LogP contribution in [-0.2, 0) is 12.4 Å². The molecule has 186 valence electrons. The van der Waals surface area contributed by atoms with Crippen LogP contribution in [0, 0.1) is 13.8 Å². The van der Waals surface area contributed by atoms with Gasteiger partial charge in [0.05, 0.1) is 11.1 Å². The number of carbonyl (C=O) groups is 1. The van der Waals surface area contributed by atoms with Crippen molar-refractivity contribution in [3.63, 3.8) is 0 Å². The van der Waals surface area contributed by atoms with Gasteiger partial charge in [0.25, 0.3) is 0 Å². The van der Waals surface area contributed by atoms with Crippen molar-refractivity contribution in [3.8, 4) is 0 Å². The molecule has 1 N–H and O–H groups in total. The quantitative estimate of drug-likeness (QED) is 0.570. The number of anilines is 2. The smallest absolute Gasteiger partial charge is 0.353 e. The summed E-state index contributed by atoms with van der Waals surface area (Å²) in [6, 6.07) is 0.230. The van der Waals surface area contributed by atoms with Crippen molar-refractivity contribution in [2.24, 2.45) is 0 Å². The van der Waals surface area contributed by atoms with Crippen LogP contribution in [0.5, 0.6) is 0 Å². The lowest BCUT2D eigenvalue weighted by molar-refractivity contribution is -0.143. The fourth-order valence-corrected chi connectivity index (χ4v) is 3.97. The molecule has 12 heteroatoms. The lowest BCUT2D eigenvalue weighted by Crippen LogP contribution is -2.50. The maximum atomic E-state index is 13.1. The molecule has 1 aliphatic rings. The first-order valence-electron chi connectivity index (χ1n) is 10.6. The molecule has 0 spiro atoms. The molecule has 0 bridgehead atoms. The van der Waals surface area contributed by atoms with Crippen LogP contribution in [0.4, 0.5) is 42.6 Å². The molecule has 0 atom stereocenters. The van der Waals surface area contributed by atoms with E-state index in [0.29, 0.717) is 31.0 Å². The Hall–Kier alpha value is -3.05. The Kier molecular flexibility index (Phi) is 6.99. The van der Waals surface area contributed by atoms with Crippen LogP contribution < -0.4 is 10.2 Å². The molecule has 1 aromatic carbocycles. The highest BCUT2D eigenvalue weighted by molar-refractivity contribution is 5.89. The Balaban J connectivity index is 1.75. The third-order valence-corrected chi connectivity index (χ3v) is 5.51. The van der Waals surface area contributed by atoms with Crippen molar-refractivity contribution in [1.82, 2.24) is 14.9 Å². The number of hydrogen-bond acceptors (Lipinski definition) is 4. The van der Waals surface area contributed by atoms with Gasteiger partial charge in [-0.3, -0.25) is 0 Å². The third-order valence-electron chi connectivity index (χ3n) is 5.51. The first-order chi connectivity index (χ1) is 15.7. The first kappa shape index (κ1) is 25.6. The molecule has 1 fully saturated rings. The van der Waals surface area contributed by atoms with E-state index in [1.165, 1.54) is 4.90 Å². The maximum absolute atomic E-state index is 13.1. The van der Waals surface area contributed by atoms with Crippen molar-refractivity contribution < 1.29 is 31.1 Å². The van der Waals surface area contributed by atoms with E-state index in [1.807, 2.05) is 25.7 Å². The summed E-state index contributed by atoms with van der Waals surface area (Å²) in [4.78, 5) is 25.0. The Morgan fingerprint density at radius 2 is 1.44 bits per heavy atom.